The summed E-state index contributed by atoms with van der Waals surface area (Å²) in [6, 6.07) is 0.151. The Bertz CT molecular complexity index is 382. The highest BCUT2D eigenvalue weighted by Gasteiger charge is 2.58. The van der Waals surface area contributed by atoms with E-state index in [4.69, 9.17) is 15.2 Å². The highest BCUT2D eigenvalue weighted by Crippen LogP contribution is 2.60. The van der Waals surface area contributed by atoms with E-state index in [2.05, 4.69) is 18.8 Å². The number of ether oxygens (including phenoxy) is 2. The molecule has 1 fully saturated rings. The molecule has 0 spiro atoms. The van der Waals surface area contributed by atoms with Gasteiger partial charge in [0.1, 0.15) is 11.5 Å². The van der Waals surface area contributed by atoms with Gasteiger partial charge < -0.3 is 15.2 Å². The zero-order valence-corrected chi connectivity index (χ0v) is 10.2. The molecular weight excluding hydrogens is 204 g/mol. The smallest absolute Gasteiger partial charge is 0.144 e. The first-order valence-electron chi connectivity index (χ1n) is 5.35. The molecule has 0 saturated heterocycles. The summed E-state index contributed by atoms with van der Waals surface area (Å²) in [6.45, 7) is 4.31. The van der Waals surface area contributed by atoms with Gasteiger partial charge in [-0.1, -0.05) is 13.8 Å². The Morgan fingerprint density at radius 2 is 1.62 bits per heavy atom. The van der Waals surface area contributed by atoms with Crippen molar-refractivity contribution in [3.05, 3.63) is 18.0 Å². The van der Waals surface area contributed by atoms with Crippen molar-refractivity contribution in [1.82, 2.24) is 4.98 Å². The van der Waals surface area contributed by atoms with Crippen molar-refractivity contribution in [3.8, 4) is 11.5 Å². The number of nitrogens with zero attached hydrogens (tertiary/aromatic N) is 1. The first-order valence-corrected chi connectivity index (χ1v) is 5.35. The van der Waals surface area contributed by atoms with E-state index in [0.717, 1.165) is 17.1 Å². The van der Waals surface area contributed by atoms with Gasteiger partial charge in [0.2, 0.25) is 0 Å². The number of aromatic nitrogens is 1. The van der Waals surface area contributed by atoms with Gasteiger partial charge in [-0.15, -0.1) is 0 Å². The van der Waals surface area contributed by atoms with Crippen LogP contribution in [0.4, 0.5) is 0 Å². The van der Waals surface area contributed by atoms with Crippen molar-refractivity contribution in [2.75, 3.05) is 14.2 Å². The molecule has 1 heterocycles. The molecule has 88 valence electrons. The summed E-state index contributed by atoms with van der Waals surface area (Å²) in [6.07, 6.45) is 3.41. The fourth-order valence-corrected chi connectivity index (χ4v) is 2.29. The van der Waals surface area contributed by atoms with Crippen LogP contribution in [0.15, 0.2) is 12.4 Å². The fourth-order valence-electron chi connectivity index (χ4n) is 2.29. The van der Waals surface area contributed by atoms with E-state index in [1.807, 2.05) is 0 Å². The highest BCUT2D eigenvalue weighted by molar-refractivity contribution is 5.50. The predicted molar refractivity (Wildman–Crippen MR) is 61.8 cm³/mol. The monoisotopic (exact) mass is 222 g/mol. The number of nitrogens with two attached hydrogens (primary N) is 1. The standard InChI is InChI=1S/C12H18N2O2/c1-12(2)10(11(12)13)9-7(15-3)5-14-6-8(9)16-4/h5-6,10-11H,13H2,1-4H3/t10-,11-/m1/s1. The third kappa shape index (κ3) is 1.45. The van der Waals surface area contributed by atoms with Crippen molar-refractivity contribution in [3.63, 3.8) is 0 Å². The Kier molecular flexibility index (Phi) is 2.54. The zero-order valence-electron chi connectivity index (χ0n) is 10.2. The lowest BCUT2D eigenvalue weighted by Crippen LogP contribution is -2.06. The van der Waals surface area contributed by atoms with Crippen LogP contribution in [0.5, 0.6) is 11.5 Å². The maximum atomic E-state index is 6.09. The number of rotatable bonds is 3. The molecule has 16 heavy (non-hydrogen) atoms. The summed E-state index contributed by atoms with van der Waals surface area (Å²) in [5.74, 6) is 1.79. The second kappa shape index (κ2) is 3.63. The van der Waals surface area contributed by atoms with Gasteiger partial charge in [-0.3, -0.25) is 4.98 Å². The van der Waals surface area contributed by atoms with Crippen molar-refractivity contribution < 1.29 is 9.47 Å². The summed E-state index contributed by atoms with van der Waals surface area (Å²) in [5.41, 5.74) is 7.23. The molecule has 4 heteroatoms. The second-order valence-electron chi connectivity index (χ2n) is 4.78. The summed E-state index contributed by atoms with van der Waals surface area (Å²) >= 11 is 0. The van der Waals surface area contributed by atoms with Crippen LogP contribution in [0.3, 0.4) is 0 Å². The molecule has 1 saturated carbocycles. The van der Waals surface area contributed by atoms with E-state index in [0.29, 0.717) is 0 Å². The minimum atomic E-state index is 0.0991. The van der Waals surface area contributed by atoms with Crippen LogP contribution in [0.25, 0.3) is 0 Å². The number of methoxy groups -OCH3 is 2. The normalized spacial score (nSPS) is 26.3. The minimum absolute atomic E-state index is 0.0991. The summed E-state index contributed by atoms with van der Waals surface area (Å²) in [7, 11) is 3.28. The van der Waals surface area contributed by atoms with Gasteiger partial charge in [-0.2, -0.15) is 0 Å². The van der Waals surface area contributed by atoms with Crippen LogP contribution in [0.2, 0.25) is 0 Å². The Morgan fingerprint density at radius 3 is 1.94 bits per heavy atom. The molecule has 1 aliphatic rings. The highest BCUT2D eigenvalue weighted by atomic mass is 16.5. The summed E-state index contributed by atoms with van der Waals surface area (Å²) in [4.78, 5) is 4.08. The molecule has 1 aromatic rings. The van der Waals surface area contributed by atoms with Crippen LogP contribution in [0.1, 0.15) is 25.3 Å². The third-order valence-electron chi connectivity index (χ3n) is 3.58. The molecule has 0 aliphatic heterocycles. The van der Waals surface area contributed by atoms with Crippen molar-refractivity contribution >= 4 is 0 Å². The van der Waals surface area contributed by atoms with Gasteiger partial charge in [0, 0.05) is 17.5 Å². The fraction of sp³-hybridized carbons (Fsp3) is 0.583. The Morgan fingerprint density at radius 1 is 1.19 bits per heavy atom. The Hall–Kier alpha value is -1.29. The SMILES string of the molecule is COc1cncc(OC)c1[C@@H]1[C@@H](N)C1(C)C. The second-order valence-corrected chi connectivity index (χ2v) is 4.78. The summed E-state index contributed by atoms with van der Waals surface area (Å²) in [5, 5.41) is 0. The van der Waals surface area contributed by atoms with E-state index in [9.17, 15) is 0 Å². The van der Waals surface area contributed by atoms with Crippen LogP contribution in [-0.4, -0.2) is 25.2 Å². The lowest BCUT2D eigenvalue weighted by molar-refractivity contribution is 0.379. The third-order valence-corrected chi connectivity index (χ3v) is 3.58. The average molecular weight is 222 g/mol. The van der Waals surface area contributed by atoms with Crippen LogP contribution in [0, 0.1) is 5.41 Å². The number of pyridine rings is 1. The molecule has 1 aliphatic carbocycles. The maximum absolute atomic E-state index is 6.09. The molecule has 4 nitrogen and oxygen atoms in total. The molecule has 0 bridgehead atoms. The van der Waals surface area contributed by atoms with E-state index in [1.165, 1.54) is 0 Å². The van der Waals surface area contributed by atoms with Gasteiger partial charge in [0.05, 0.1) is 26.6 Å². The van der Waals surface area contributed by atoms with E-state index < -0.39 is 0 Å². The molecule has 1 aromatic heterocycles. The van der Waals surface area contributed by atoms with E-state index >= 15 is 0 Å². The van der Waals surface area contributed by atoms with Crippen LogP contribution < -0.4 is 15.2 Å². The topological polar surface area (TPSA) is 57.4 Å². The molecular formula is C12H18N2O2. The molecule has 0 unspecified atom stereocenters. The van der Waals surface area contributed by atoms with Crippen molar-refractivity contribution in [2.24, 2.45) is 11.1 Å². The lowest BCUT2D eigenvalue weighted by atomic mass is 10.0. The average Bonchev–Trinajstić information content (AvgIpc) is 2.77. The quantitative estimate of drug-likeness (QED) is 0.843. The first-order chi connectivity index (χ1) is 7.54. The maximum Gasteiger partial charge on any atom is 0.144 e. The lowest BCUT2D eigenvalue weighted by Gasteiger charge is -2.13. The Balaban J connectivity index is 2.47. The largest absolute Gasteiger partial charge is 0.495 e. The van der Waals surface area contributed by atoms with Crippen molar-refractivity contribution in [2.45, 2.75) is 25.8 Å². The molecule has 2 rings (SSSR count). The molecule has 0 amide bonds. The Labute approximate surface area is 95.8 Å². The number of hydrogen-bond donors (Lipinski definition) is 1. The van der Waals surface area contributed by atoms with Gasteiger partial charge >= 0.3 is 0 Å². The van der Waals surface area contributed by atoms with Gasteiger partial charge in [0.15, 0.2) is 0 Å². The van der Waals surface area contributed by atoms with E-state index in [1.54, 1.807) is 26.6 Å². The van der Waals surface area contributed by atoms with E-state index in [-0.39, 0.29) is 17.4 Å². The van der Waals surface area contributed by atoms with Gasteiger partial charge in [0.25, 0.3) is 0 Å². The minimum Gasteiger partial charge on any atom is -0.495 e. The molecule has 0 radical (unpaired) electrons. The molecule has 2 N–H and O–H groups in total. The van der Waals surface area contributed by atoms with Gasteiger partial charge in [-0.25, -0.2) is 0 Å². The zero-order chi connectivity index (χ0) is 11.9. The predicted octanol–water partition coefficient (Wildman–Crippen LogP) is 1.55. The van der Waals surface area contributed by atoms with Gasteiger partial charge in [-0.05, 0) is 5.41 Å². The number of hydrogen-bond acceptors (Lipinski definition) is 4. The van der Waals surface area contributed by atoms with Crippen LogP contribution in [-0.2, 0) is 0 Å². The molecule has 0 aromatic carbocycles. The first kappa shape index (κ1) is 11.2. The van der Waals surface area contributed by atoms with Crippen molar-refractivity contribution in [1.29, 1.82) is 0 Å². The molecule has 2 atom stereocenters. The summed E-state index contributed by atoms with van der Waals surface area (Å²) < 4.78 is 10.7. The van der Waals surface area contributed by atoms with Crippen LogP contribution >= 0.6 is 0 Å².